The molecule has 0 saturated heterocycles. The van der Waals surface area contributed by atoms with Crippen LogP contribution in [-0.2, 0) is 0 Å². The van der Waals surface area contributed by atoms with Crippen LogP contribution in [0.1, 0.15) is 0 Å². The van der Waals surface area contributed by atoms with Crippen LogP contribution in [0.15, 0.2) is 128 Å². The number of pyridine rings is 1. The molecule has 0 saturated carbocycles. The molecule has 2 heteroatoms. The van der Waals surface area contributed by atoms with Gasteiger partial charge in [0.2, 0.25) is 0 Å². The summed E-state index contributed by atoms with van der Waals surface area (Å²) in [4.78, 5) is 4.84. The van der Waals surface area contributed by atoms with Crippen molar-refractivity contribution < 1.29 is 4.74 Å². The molecule has 1 aromatic heterocycles. The number of nitrogens with zero attached hydrogens (tertiary/aromatic N) is 1. The van der Waals surface area contributed by atoms with Crippen LogP contribution in [-0.4, -0.2) is 4.98 Å². The zero-order valence-electron chi connectivity index (χ0n) is 19.0. The quantitative estimate of drug-likeness (QED) is 0.199. The van der Waals surface area contributed by atoms with Gasteiger partial charge in [0.05, 0.1) is 5.52 Å². The summed E-state index contributed by atoms with van der Waals surface area (Å²) in [5.41, 5.74) is 3.31. The highest BCUT2D eigenvalue weighted by molar-refractivity contribution is 6.23. The van der Waals surface area contributed by atoms with Crippen molar-refractivity contribution in [2.24, 2.45) is 0 Å². The highest BCUT2D eigenvalue weighted by atomic mass is 16.5. The van der Waals surface area contributed by atoms with Crippen LogP contribution >= 0.6 is 0 Å². The molecule has 0 atom stereocenters. The fraction of sp³-hybridized carbons (Fsp3) is 0. The van der Waals surface area contributed by atoms with Gasteiger partial charge in [-0.3, -0.25) is 4.98 Å². The van der Waals surface area contributed by atoms with Gasteiger partial charge in [0.15, 0.2) is 0 Å². The topological polar surface area (TPSA) is 22.1 Å². The van der Waals surface area contributed by atoms with Crippen molar-refractivity contribution in [3.63, 3.8) is 0 Å². The Bertz CT molecular complexity index is 1870. The van der Waals surface area contributed by atoms with Crippen LogP contribution < -0.4 is 4.74 Å². The zero-order chi connectivity index (χ0) is 23.2. The van der Waals surface area contributed by atoms with Crippen molar-refractivity contribution in [2.75, 3.05) is 0 Å². The molecule has 0 fully saturated rings. The number of ether oxygens (including phenoxy) is 1. The van der Waals surface area contributed by atoms with Crippen molar-refractivity contribution in [1.29, 1.82) is 0 Å². The molecule has 6 aromatic carbocycles. The summed E-state index contributed by atoms with van der Waals surface area (Å²) in [5, 5.41) is 7.85. The van der Waals surface area contributed by atoms with Crippen molar-refractivity contribution in [1.82, 2.24) is 4.98 Å². The molecular formula is C33H21NO. The smallest absolute Gasteiger partial charge is 0.143 e. The Labute approximate surface area is 203 Å². The lowest BCUT2D eigenvalue weighted by molar-refractivity contribution is 0.495. The van der Waals surface area contributed by atoms with E-state index in [1.165, 1.54) is 16.5 Å². The number of para-hydroxylation sites is 1. The van der Waals surface area contributed by atoms with Crippen molar-refractivity contribution >= 4 is 43.2 Å². The van der Waals surface area contributed by atoms with E-state index in [9.17, 15) is 0 Å². The molecule has 35 heavy (non-hydrogen) atoms. The Morgan fingerprint density at radius 1 is 0.514 bits per heavy atom. The normalized spacial score (nSPS) is 11.4. The molecule has 0 radical (unpaired) electrons. The Morgan fingerprint density at radius 2 is 1.20 bits per heavy atom. The molecule has 0 N–H and O–H groups in total. The van der Waals surface area contributed by atoms with Gasteiger partial charge >= 0.3 is 0 Å². The first kappa shape index (κ1) is 19.7. The van der Waals surface area contributed by atoms with Crippen LogP contribution in [0.25, 0.3) is 54.3 Å². The molecule has 7 rings (SSSR count). The van der Waals surface area contributed by atoms with Crippen molar-refractivity contribution in [2.45, 2.75) is 0 Å². The fourth-order valence-electron chi connectivity index (χ4n) is 5.12. The second-order valence-corrected chi connectivity index (χ2v) is 8.79. The fourth-order valence-corrected chi connectivity index (χ4v) is 5.12. The van der Waals surface area contributed by atoms with E-state index in [0.717, 1.165) is 49.3 Å². The molecule has 0 bridgehead atoms. The van der Waals surface area contributed by atoms with Crippen LogP contribution in [0.5, 0.6) is 11.5 Å². The molecule has 164 valence electrons. The first-order valence-electron chi connectivity index (χ1n) is 11.8. The Balaban J connectivity index is 1.61. The van der Waals surface area contributed by atoms with Crippen molar-refractivity contribution in [3.8, 4) is 22.6 Å². The minimum atomic E-state index is 0.823. The largest absolute Gasteiger partial charge is 0.456 e. The SMILES string of the molecule is c1ccc(-c2c3ccccc3c(Oc3ccc4ccccc4c3)c3c2cnc2ccccc23)cc1. The summed E-state index contributed by atoms with van der Waals surface area (Å²) in [7, 11) is 0. The first-order chi connectivity index (χ1) is 17.4. The van der Waals surface area contributed by atoms with E-state index in [0.29, 0.717) is 0 Å². The molecule has 0 aliphatic rings. The maximum atomic E-state index is 6.78. The molecule has 0 unspecified atom stereocenters. The molecular weight excluding hydrogens is 426 g/mol. The average molecular weight is 448 g/mol. The van der Waals surface area contributed by atoms with Gasteiger partial charge in [0.1, 0.15) is 11.5 Å². The average Bonchev–Trinajstić information content (AvgIpc) is 2.93. The van der Waals surface area contributed by atoms with Gasteiger partial charge in [-0.05, 0) is 45.5 Å². The van der Waals surface area contributed by atoms with E-state index < -0.39 is 0 Å². The van der Waals surface area contributed by atoms with Gasteiger partial charge in [-0.2, -0.15) is 0 Å². The van der Waals surface area contributed by atoms with Gasteiger partial charge in [-0.15, -0.1) is 0 Å². The lowest BCUT2D eigenvalue weighted by Crippen LogP contribution is -1.94. The molecule has 0 spiro atoms. The molecule has 1 heterocycles. The van der Waals surface area contributed by atoms with Gasteiger partial charge in [-0.25, -0.2) is 0 Å². The predicted octanol–water partition coefficient (Wildman–Crippen LogP) is 9.15. The van der Waals surface area contributed by atoms with Crippen LogP contribution in [0, 0.1) is 0 Å². The van der Waals surface area contributed by atoms with E-state index in [1.807, 2.05) is 12.3 Å². The highest BCUT2D eigenvalue weighted by Crippen LogP contribution is 2.46. The third kappa shape index (κ3) is 3.23. The standard InChI is InChI=1S/C33H21NO/c1-2-11-23(12-3-1)31-26-14-6-7-15-27(26)33(32-28-16-8-9-17-30(28)34-21-29(31)32)35-25-19-18-22-10-4-5-13-24(22)20-25/h1-21H. The lowest BCUT2D eigenvalue weighted by atomic mass is 9.90. The summed E-state index contributed by atoms with van der Waals surface area (Å²) < 4.78 is 6.78. The van der Waals surface area contributed by atoms with E-state index in [-0.39, 0.29) is 0 Å². The second kappa shape index (κ2) is 7.96. The van der Waals surface area contributed by atoms with E-state index in [2.05, 4.69) is 115 Å². The van der Waals surface area contributed by atoms with E-state index in [1.54, 1.807) is 0 Å². The third-order valence-corrected chi connectivity index (χ3v) is 6.72. The second-order valence-electron chi connectivity index (χ2n) is 8.79. The summed E-state index contributed by atoms with van der Waals surface area (Å²) in [6.45, 7) is 0. The van der Waals surface area contributed by atoms with Gasteiger partial charge in [0, 0.05) is 27.7 Å². The number of fused-ring (bicyclic) bond motifs is 5. The predicted molar refractivity (Wildman–Crippen MR) is 146 cm³/mol. The lowest BCUT2D eigenvalue weighted by Gasteiger charge is -2.19. The van der Waals surface area contributed by atoms with Crippen molar-refractivity contribution in [3.05, 3.63) is 128 Å². The maximum Gasteiger partial charge on any atom is 0.143 e. The summed E-state index contributed by atoms with van der Waals surface area (Å²) >= 11 is 0. The minimum Gasteiger partial charge on any atom is -0.456 e. The molecule has 0 aliphatic heterocycles. The molecule has 0 amide bonds. The Hall–Kier alpha value is -4.69. The van der Waals surface area contributed by atoms with Crippen LogP contribution in [0.4, 0.5) is 0 Å². The summed E-state index contributed by atoms with van der Waals surface area (Å²) in [6, 6.07) is 42.0. The third-order valence-electron chi connectivity index (χ3n) is 6.72. The first-order valence-corrected chi connectivity index (χ1v) is 11.8. The Morgan fingerprint density at radius 3 is 2.06 bits per heavy atom. The molecule has 7 aromatic rings. The maximum absolute atomic E-state index is 6.78. The summed E-state index contributed by atoms with van der Waals surface area (Å²) in [6.07, 6.45) is 2.00. The van der Waals surface area contributed by atoms with Gasteiger partial charge < -0.3 is 4.74 Å². The minimum absolute atomic E-state index is 0.823. The number of hydrogen-bond donors (Lipinski definition) is 0. The zero-order valence-corrected chi connectivity index (χ0v) is 19.0. The Kier molecular flexibility index (Phi) is 4.49. The molecule has 0 aliphatic carbocycles. The van der Waals surface area contributed by atoms with E-state index in [4.69, 9.17) is 9.72 Å². The van der Waals surface area contributed by atoms with Crippen LogP contribution in [0.3, 0.4) is 0 Å². The van der Waals surface area contributed by atoms with E-state index >= 15 is 0 Å². The molecule has 2 nitrogen and oxygen atoms in total. The monoisotopic (exact) mass is 447 g/mol. The highest BCUT2D eigenvalue weighted by Gasteiger charge is 2.19. The van der Waals surface area contributed by atoms with Crippen LogP contribution in [0.2, 0.25) is 0 Å². The number of hydrogen-bond acceptors (Lipinski definition) is 2. The number of aromatic nitrogens is 1. The number of benzene rings is 6. The van der Waals surface area contributed by atoms with Gasteiger partial charge in [-0.1, -0.05) is 103 Å². The number of rotatable bonds is 3. The summed E-state index contributed by atoms with van der Waals surface area (Å²) in [5.74, 6) is 1.69. The van der Waals surface area contributed by atoms with Gasteiger partial charge in [0.25, 0.3) is 0 Å².